The molecule has 0 radical (unpaired) electrons. The minimum Gasteiger partial charge on any atom is -0.497 e. The quantitative estimate of drug-likeness (QED) is 0.267. The molecule has 1 saturated heterocycles. The highest BCUT2D eigenvalue weighted by Gasteiger charge is 2.23. The van der Waals surface area contributed by atoms with E-state index in [1.807, 2.05) is 24.3 Å². The summed E-state index contributed by atoms with van der Waals surface area (Å²) in [6.45, 7) is 3.27. The molecule has 0 saturated carbocycles. The summed E-state index contributed by atoms with van der Waals surface area (Å²) in [7, 11) is 1.65. The van der Waals surface area contributed by atoms with Crippen molar-refractivity contribution >= 4 is 46.2 Å². The van der Waals surface area contributed by atoms with E-state index >= 15 is 0 Å². The first-order valence-electron chi connectivity index (χ1n) is 12.8. The number of carboxylic acid groups (broad SMARTS) is 2. The Kier molecular flexibility index (Phi) is 9.93. The van der Waals surface area contributed by atoms with Gasteiger partial charge in [-0.3, -0.25) is 9.78 Å². The van der Waals surface area contributed by atoms with Gasteiger partial charge in [0, 0.05) is 35.6 Å². The van der Waals surface area contributed by atoms with Crippen molar-refractivity contribution in [2.75, 3.05) is 37.8 Å². The van der Waals surface area contributed by atoms with Crippen molar-refractivity contribution in [3.05, 3.63) is 59.8 Å². The number of pyridine rings is 1. The van der Waals surface area contributed by atoms with Gasteiger partial charge in [0.1, 0.15) is 5.75 Å². The van der Waals surface area contributed by atoms with Crippen LogP contribution in [0.5, 0.6) is 5.75 Å². The molecule has 2 aromatic carbocycles. The summed E-state index contributed by atoms with van der Waals surface area (Å²) in [5, 5.41) is 33.4. The predicted molar refractivity (Wildman–Crippen MR) is 151 cm³/mol. The van der Waals surface area contributed by atoms with E-state index in [0.717, 1.165) is 65.3 Å². The molecule has 3 aromatic rings. The van der Waals surface area contributed by atoms with E-state index < -0.39 is 18.0 Å². The SMILES string of the molecule is COc1ccc2nccc([C@@H](O)CN3CCC(NCc4ccc5c(c4)NC(=O)CS5)CC3)c2c1.O=C(O)C(=O)O. The molecule has 40 heavy (non-hydrogen) atoms. The Bertz CT molecular complexity index is 1370. The van der Waals surface area contributed by atoms with Crippen LogP contribution in [-0.2, 0) is 20.9 Å². The van der Waals surface area contributed by atoms with Gasteiger partial charge in [-0.1, -0.05) is 6.07 Å². The second kappa shape index (κ2) is 13.6. The van der Waals surface area contributed by atoms with E-state index in [1.165, 1.54) is 5.56 Å². The number of carbonyl (C=O) groups excluding carboxylic acids is 1. The molecule has 1 aromatic heterocycles. The zero-order valence-corrected chi connectivity index (χ0v) is 22.8. The minimum absolute atomic E-state index is 0.0658. The Morgan fingerprint density at radius 3 is 2.60 bits per heavy atom. The Hall–Kier alpha value is -3.71. The number of thioether (sulfide) groups is 1. The van der Waals surface area contributed by atoms with E-state index in [2.05, 4.69) is 38.7 Å². The van der Waals surface area contributed by atoms with Crippen molar-refractivity contribution in [1.29, 1.82) is 0 Å². The smallest absolute Gasteiger partial charge is 0.414 e. The minimum atomic E-state index is -1.82. The molecule has 5 rings (SSSR count). The Morgan fingerprint density at radius 2 is 1.90 bits per heavy atom. The van der Waals surface area contributed by atoms with Gasteiger partial charge in [-0.25, -0.2) is 9.59 Å². The zero-order valence-electron chi connectivity index (χ0n) is 22.0. The number of β-amino-alcohol motifs (C(OH)–C–C–N with tert-alkyl or cyclic N) is 1. The second-order valence-electron chi connectivity index (χ2n) is 9.53. The Labute approximate surface area is 235 Å². The number of fused-ring (bicyclic) bond motifs is 2. The maximum Gasteiger partial charge on any atom is 0.414 e. The van der Waals surface area contributed by atoms with Crippen LogP contribution in [0.3, 0.4) is 0 Å². The van der Waals surface area contributed by atoms with Crippen LogP contribution in [0.1, 0.15) is 30.1 Å². The number of aliphatic carboxylic acids is 2. The molecule has 3 heterocycles. The number of rotatable bonds is 7. The lowest BCUT2D eigenvalue weighted by molar-refractivity contribution is -0.159. The summed E-state index contributed by atoms with van der Waals surface area (Å²) in [6, 6.07) is 14.4. The molecule has 2 aliphatic heterocycles. The van der Waals surface area contributed by atoms with Gasteiger partial charge in [-0.05, 0) is 73.5 Å². The summed E-state index contributed by atoms with van der Waals surface area (Å²) < 4.78 is 5.36. The van der Waals surface area contributed by atoms with Crippen LogP contribution in [-0.4, -0.2) is 81.6 Å². The number of carboxylic acids is 2. The molecule has 0 aliphatic carbocycles. The number of aromatic nitrogens is 1. The van der Waals surface area contributed by atoms with Crippen molar-refractivity contribution in [1.82, 2.24) is 15.2 Å². The first kappa shape index (κ1) is 29.3. The average Bonchev–Trinajstić information content (AvgIpc) is 2.96. The zero-order chi connectivity index (χ0) is 28.6. The van der Waals surface area contributed by atoms with E-state index in [4.69, 9.17) is 24.5 Å². The summed E-state index contributed by atoms with van der Waals surface area (Å²) in [5.41, 5.74) is 3.85. The molecule has 5 N–H and O–H groups in total. The highest BCUT2D eigenvalue weighted by Crippen LogP contribution is 2.32. The fourth-order valence-corrected chi connectivity index (χ4v) is 5.52. The summed E-state index contributed by atoms with van der Waals surface area (Å²) in [5.74, 6) is -2.33. The van der Waals surface area contributed by atoms with E-state index in [9.17, 15) is 9.90 Å². The largest absolute Gasteiger partial charge is 0.497 e. The van der Waals surface area contributed by atoms with Crippen molar-refractivity contribution < 1.29 is 34.4 Å². The first-order chi connectivity index (χ1) is 19.2. The Morgan fingerprint density at radius 1 is 1.15 bits per heavy atom. The number of ether oxygens (including phenoxy) is 1. The van der Waals surface area contributed by atoms with Crippen LogP contribution in [0.25, 0.3) is 10.9 Å². The van der Waals surface area contributed by atoms with Gasteiger partial charge in [0.25, 0.3) is 0 Å². The molecule has 212 valence electrons. The van der Waals surface area contributed by atoms with Crippen molar-refractivity contribution in [3.8, 4) is 5.75 Å². The number of aliphatic hydroxyl groups is 1. The van der Waals surface area contributed by atoms with Crippen molar-refractivity contribution in [3.63, 3.8) is 0 Å². The number of benzene rings is 2. The van der Waals surface area contributed by atoms with E-state index in [-0.39, 0.29) is 5.91 Å². The van der Waals surface area contributed by atoms with Crippen LogP contribution in [0.15, 0.2) is 53.6 Å². The summed E-state index contributed by atoms with van der Waals surface area (Å²) in [4.78, 5) is 37.7. The number of hydrogen-bond acceptors (Lipinski definition) is 9. The lowest BCUT2D eigenvalue weighted by atomic mass is 10.0. The van der Waals surface area contributed by atoms with Gasteiger partial charge >= 0.3 is 11.9 Å². The van der Waals surface area contributed by atoms with Crippen LogP contribution in [0.4, 0.5) is 5.69 Å². The fraction of sp³-hybridized carbons (Fsp3) is 0.357. The predicted octanol–water partition coefficient (Wildman–Crippen LogP) is 2.73. The molecule has 0 unspecified atom stereocenters. The topological polar surface area (TPSA) is 161 Å². The van der Waals surface area contributed by atoms with Crippen molar-refractivity contribution in [2.45, 2.75) is 36.4 Å². The number of aliphatic hydroxyl groups excluding tert-OH is 1. The Balaban J connectivity index is 0.000000557. The highest BCUT2D eigenvalue weighted by atomic mass is 32.2. The molecule has 12 heteroatoms. The van der Waals surface area contributed by atoms with Crippen LogP contribution in [0.2, 0.25) is 0 Å². The van der Waals surface area contributed by atoms with Gasteiger partial charge in [-0.15, -0.1) is 11.8 Å². The molecule has 2 aliphatic rings. The van der Waals surface area contributed by atoms with Crippen molar-refractivity contribution in [2.24, 2.45) is 0 Å². The normalized spacial score (nSPS) is 16.3. The summed E-state index contributed by atoms with van der Waals surface area (Å²) in [6.07, 6.45) is 3.25. The second-order valence-corrected chi connectivity index (χ2v) is 10.5. The lowest BCUT2D eigenvalue weighted by Crippen LogP contribution is -2.43. The monoisotopic (exact) mass is 568 g/mol. The molecule has 1 fully saturated rings. The summed E-state index contributed by atoms with van der Waals surface area (Å²) >= 11 is 1.59. The van der Waals surface area contributed by atoms with E-state index in [1.54, 1.807) is 25.1 Å². The third kappa shape index (κ3) is 7.69. The van der Waals surface area contributed by atoms with Gasteiger partial charge < -0.3 is 35.6 Å². The number of nitrogens with zero attached hydrogens (tertiary/aromatic N) is 2. The number of hydrogen-bond donors (Lipinski definition) is 5. The van der Waals surface area contributed by atoms with Crippen LogP contribution >= 0.6 is 11.8 Å². The molecule has 1 atom stereocenters. The number of nitrogens with one attached hydrogen (secondary N) is 2. The number of likely N-dealkylation sites (tertiary alicyclic amines) is 1. The van der Waals surface area contributed by atoms with Gasteiger partial charge in [0.2, 0.25) is 5.91 Å². The molecule has 0 bridgehead atoms. The van der Waals surface area contributed by atoms with Gasteiger partial charge in [0.05, 0.1) is 30.2 Å². The van der Waals surface area contributed by atoms with Gasteiger partial charge in [0.15, 0.2) is 0 Å². The molecular formula is C28H32N4O7S. The first-order valence-corrected chi connectivity index (χ1v) is 13.8. The highest BCUT2D eigenvalue weighted by molar-refractivity contribution is 8.00. The molecule has 1 amide bonds. The number of amides is 1. The standard InChI is InChI=1S/C26H30N4O3S.C2H2O4/c1-33-19-3-4-22-21(13-19)20(6-9-27-22)24(31)15-30-10-7-18(8-11-30)28-14-17-2-5-25-23(12-17)29-26(32)16-34-25;3-1(4)2(5)6/h2-6,9,12-13,18,24,28,31H,7-8,10-11,14-16H2,1H3,(H,29,32);(H,3,4)(H,5,6)/t24-;/m0./s1. The average molecular weight is 569 g/mol. The molecule has 11 nitrogen and oxygen atoms in total. The molecular weight excluding hydrogens is 536 g/mol. The number of piperidine rings is 1. The third-order valence-electron chi connectivity index (χ3n) is 6.81. The van der Waals surface area contributed by atoms with E-state index in [0.29, 0.717) is 18.3 Å². The lowest BCUT2D eigenvalue weighted by Gasteiger charge is -2.34. The van der Waals surface area contributed by atoms with Gasteiger partial charge in [-0.2, -0.15) is 0 Å². The maximum atomic E-state index is 11.7. The van der Waals surface area contributed by atoms with Crippen LogP contribution in [0, 0.1) is 0 Å². The third-order valence-corrected chi connectivity index (χ3v) is 7.89. The number of carbonyl (C=O) groups is 3. The van der Waals surface area contributed by atoms with Crippen LogP contribution < -0.4 is 15.4 Å². The fourth-order valence-electron chi connectivity index (χ4n) is 4.73. The number of methoxy groups -OCH3 is 1. The maximum absolute atomic E-state index is 11.7. The molecule has 0 spiro atoms. The number of anilines is 1.